The van der Waals surface area contributed by atoms with Gasteiger partial charge in [-0.1, -0.05) is 30.3 Å². The molecule has 0 radical (unpaired) electrons. The van der Waals surface area contributed by atoms with Crippen molar-refractivity contribution in [3.05, 3.63) is 53.6 Å². The Labute approximate surface area is 166 Å². The summed E-state index contributed by atoms with van der Waals surface area (Å²) in [5.41, 5.74) is 8.57. The maximum absolute atomic E-state index is 6.10. The zero-order chi connectivity index (χ0) is 19.3. The highest BCUT2D eigenvalue weighted by molar-refractivity contribution is 5.52. The minimum atomic E-state index is 0.255. The summed E-state index contributed by atoms with van der Waals surface area (Å²) in [6, 6.07) is 14.6. The van der Waals surface area contributed by atoms with Gasteiger partial charge in [0, 0.05) is 44.3 Å². The molecule has 2 aliphatic rings. The van der Waals surface area contributed by atoms with Crippen LogP contribution in [0.1, 0.15) is 17.0 Å². The van der Waals surface area contributed by atoms with E-state index in [2.05, 4.69) is 35.2 Å². The number of nitrogens with zero attached hydrogens (tertiary/aromatic N) is 1. The number of hydrogen-bond donors (Lipinski definition) is 1. The number of methoxy groups -OCH3 is 1. The van der Waals surface area contributed by atoms with Crippen molar-refractivity contribution in [3.63, 3.8) is 0 Å². The molecule has 1 fully saturated rings. The second-order valence-electron chi connectivity index (χ2n) is 7.36. The molecular formula is C22H28N2O4. The van der Waals surface area contributed by atoms with Gasteiger partial charge in [-0.15, -0.1) is 0 Å². The third kappa shape index (κ3) is 4.09. The summed E-state index contributed by atoms with van der Waals surface area (Å²) in [5, 5.41) is 0. The van der Waals surface area contributed by atoms with E-state index in [4.69, 9.17) is 24.7 Å². The molecule has 0 saturated carbocycles. The number of hydrogen-bond acceptors (Lipinski definition) is 6. The average molecular weight is 384 g/mol. The van der Waals surface area contributed by atoms with Crippen LogP contribution in [0.3, 0.4) is 0 Å². The first kappa shape index (κ1) is 19.1. The highest BCUT2D eigenvalue weighted by Gasteiger charge is 2.33. The first-order chi connectivity index (χ1) is 13.8. The van der Waals surface area contributed by atoms with Gasteiger partial charge < -0.3 is 24.7 Å². The highest BCUT2D eigenvalue weighted by atomic mass is 16.7. The van der Waals surface area contributed by atoms with E-state index >= 15 is 0 Å². The van der Waals surface area contributed by atoms with E-state index in [1.54, 1.807) is 7.11 Å². The third-order valence-electron chi connectivity index (χ3n) is 5.54. The largest absolute Gasteiger partial charge is 0.491 e. The standard InChI is InChI=1S/C22H28N2O4/c1-25-7-8-26-20-10-22-21(27-15-28-22)9-17(20)12-24-13-18(11-23)19(14-24)16-5-3-2-4-6-16/h2-6,9-10,18-19H,7-8,11-15,23H2,1H3/t18-,19+/m1/s1. The van der Waals surface area contributed by atoms with Crippen molar-refractivity contribution in [2.45, 2.75) is 12.5 Å². The molecule has 0 bridgehead atoms. The molecular weight excluding hydrogens is 356 g/mol. The van der Waals surface area contributed by atoms with Crippen molar-refractivity contribution in [2.24, 2.45) is 11.7 Å². The summed E-state index contributed by atoms with van der Waals surface area (Å²) in [6.45, 7) is 4.74. The number of nitrogens with two attached hydrogens (primary N) is 1. The molecule has 0 spiro atoms. The second-order valence-corrected chi connectivity index (χ2v) is 7.36. The first-order valence-corrected chi connectivity index (χ1v) is 9.80. The fraction of sp³-hybridized carbons (Fsp3) is 0.455. The molecule has 0 amide bonds. The Morgan fingerprint density at radius 2 is 1.86 bits per heavy atom. The van der Waals surface area contributed by atoms with E-state index in [9.17, 15) is 0 Å². The normalized spacial score (nSPS) is 21.2. The summed E-state index contributed by atoms with van der Waals surface area (Å²) in [6.07, 6.45) is 0. The molecule has 2 N–H and O–H groups in total. The van der Waals surface area contributed by atoms with E-state index in [1.165, 1.54) is 5.56 Å². The maximum atomic E-state index is 6.10. The number of benzene rings is 2. The molecule has 4 rings (SSSR count). The topological polar surface area (TPSA) is 66.2 Å². The van der Waals surface area contributed by atoms with Gasteiger partial charge in [-0.25, -0.2) is 0 Å². The Morgan fingerprint density at radius 1 is 1.07 bits per heavy atom. The van der Waals surface area contributed by atoms with Crippen LogP contribution in [0.2, 0.25) is 0 Å². The number of rotatable bonds is 8. The smallest absolute Gasteiger partial charge is 0.231 e. The van der Waals surface area contributed by atoms with Crippen LogP contribution in [0.4, 0.5) is 0 Å². The summed E-state index contributed by atoms with van der Waals surface area (Å²) in [5.74, 6) is 3.25. The molecule has 0 aliphatic carbocycles. The fourth-order valence-corrected chi connectivity index (χ4v) is 4.11. The summed E-state index contributed by atoms with van der Waals surface area (Å²) >= 11 is 0. The SMILES string of the molecule is COCCOc1cc2c(cc1CN1C[C@@H](CN)[C@H](c3ccccc3)C1)OCO2. The van der Waals surface area contributed by atoms with E-state index in [0.717, 1.165) is 42.4 Å². The van der Waals surface area contributed by atoms with Crippen molar-refractivity contribution in [1.29, 1.82) is 0 Å². The Morgan fingerprint density at radius 3 is 2.61 bits per heavy atom. The van der Waals surface area contributed by atoms with Crippen molar-refractivity contribution in [1.82, 2.24) is 4.90 Å². The van der Waals surface area contributed by atoms with Gasteiger partial charge in [0.25, 0.3) is 0 Å². The average Bonchev–Trinajstić information content (AvgIpc) is 3.35. The molecule has 28 heavy (non-hydrogen) atoms. The lowest BCUT2D eigenvalue weighted by atomic mass is 9.89. The van der Waals surface area contributed by atoms with Gasteiger partial charge in [0.05, 0.1) is 6.61 Å². The monoisotopic (exact) mass is 384 g/mol. The van der Waals surface area contributed by atoms with Crippen LogP contribution in [0.15, 0.2) is 42.5 Å². The molecule has 6 heteroatoms. The van der Waals surface area contributed by atoms with Gasteiger partial charge in [-0.3, -0.25) is 4.90 Å². The summed E-state index contributed by atoms with van der Waals surface area (Å²) in [4.78, 5) is 2.45. The van der Waals surface area contributed by atoms with Crippen LogP contribution in [0.25, 0.3) is 0 Å². The van der Waals surface area contributed by atoms with Crippen LogP contribution in [-0.2, 0) is 11.3 Å². The van der Waals surface area contributed by atoms with Gasteiger partial charge in [-0.05, 0) is 24.1 Å². The number of ether oxygens (including phenoxy) is 4. The van der Waals surface area contributed by atoms with E-state index in [-0.39, 0.29) is 6.79 Å². The Bertz CT molecular complexity index is 784. The molecule has 2 aliphatic heterocycles. The molecule has 2 heterocycles. The lowest BCUT2D eigenvalue weighted by Crippen LogP contribution is -2.23. The summed E-state index contributed by atoms with van der Waals surface area (Å²) in [7, 11) is 1.67. The molecule has 0 aromatic heterocycles. The predicted molar refractivity (Wildman–Crippen MR) is 107 cm³/mol. The Balaban J connectivity index is 1.51. The van der Waals surface area contributed by atoms with Gasteiger partial charge in [0.2, 0.25) is 6.79 Å². The Hall–Kier alpha value is -2.28. The van der Waals surface area contributed by atoms with Gasteiger partial charge in [-0.2, -0.15) is 0 Å². The number of fused-ring (bicyclic) bond motifs is 1. The zero-order valence-electron chi connectivity index (χ0n) is 16.3. The first-order valence-electron chi connectivity index (χ1n) is 9.80. The number of likely N-dealkylation sites (tertiary alicyclic amines) is 1. The van der Waals surface area contributed by atoms with Gasteiger partial charge in [0.1, 0.15) is 12.4 Å². The molecule has 2 aromatic carbocycles. The molecule has 0 unspecified atom stereocenters. The third-order valence-corrected chi connectivity index (χ3v) is 5.54. The molecule has 6 nitrogen and oxygen atoms in total. The van der Waals surface area contributed by atoms with Gasteiger partial charge >= 0.3 is 0 Å². The lowest BCUT2D eigenvalue weighted by molar-refractivity contribution is 0.144. The van der Waals surface area contributed by atoms with Crippen LogP contribution < -0.4 is 19.9 Å². The Kier molecular flexibility index (Phi) is 6.00. The second kappa shape index (κ2) is 8.82. The molecule has 2 atom stereocenters. The van der Waals surface area contributed by atoms with Crippen LogP contribution in [-0.4, -0.2) is 51.7 Å². The van der Waals surface area contributed by atoms with E-state index in [0.29, 0.717) is 31.6 Å². The van der Waals surface area contributed by atoms with Crippen LogP contribution in [0.5, 0.6) is 17.2 Å². The molecule has 2 aromatic rings. The zero-order valence-corrected chi connectivity index (χ0v) is 16.3. The quantitative estimate of drug-likeness (QED) is 0.706. The van der Waals surface area contributed by atoms with Crippen molar-refractivity contribution in [2.75, 3.05) is 46.8 Å². The molecule has 150 valence electrons. The van der Waals surface area contributed by atoms with E-state index < -0.39 is 0 Å². The maximum Gasteiger partial charge on any atom is 0.231 e. The van der Waals surface area contributed by atoms with Gasteiger partial charge in [0.15, 0.2) is 11.5 Å². The van der Waals surface area contributed by atoms with Crippen molar-refractivity contribution in [3.8, 4) is 17.2 Å². The summed E-state index contributed by atoms with van der Waals surface area (Å²) < 4.78 is 22.2. The van der Waals surface area contributed by atoms with Crippen LogP contribution >= 0.6 is 0 Å². The predicted octanol–water partition coefficient (Wildman–Crippen LogP) is 2.61. The van der Waals surface area contributed by atoms with E-state index in [1.807, 2.05) is 12.1 Å². The van der Waals surface area contributed by atoms with Crippen molar-refractivity contribution >= 4 is 0 Å². The fourth-order valence-electron chi connectivity index (χ4n) is 4.11. The minimum absolute atomic E-state index is 0.255. The molecule has 1 saturated heterocycles. The minimum Gasteiger partial charge on any atom is -0.491 e. The van der Waals surface area contributed by atoms with Crippen molar-refractivity contribution < 1.29 is 18.9 Å². The lowest BCUT2D eigenvalue weighted by Gasteiger charge is -2.19. The highest BCUT2D eigenvalue weighted by Crippen LogP contribution is 2.40. The van der Waals surface area contributed by atoms with Crippen LogP contribution in [0, 0.1) is 5.92 Å².